The van der Waals surface area contributed by atoms with Crippen molar-refractivity contribution in [2.75, 3.05) is 13.7 Å². The third-order valence-electron chi connectivity index (χ3n) is 11.4. The molecule has 2 N–H and O–H groups in total. The number of aromatic hydroxyl groups is 1. The van der Waals surface area contributed by atoms with Gasteiger partial charge >= 0.3 is 13.2 Å². The Morgan fingerprint density at radius 2 is 1.57 bits per heavy atom. The van der Waals surface area contributed by atoms with Crippen LogP contribution in [0.25, 0.3) is 11.6 Å². The first-order chi connectivity index (χ1) is 26.9. The second kappa shape index (κ2) is 16.1. The zero-order valence-electron chi connectivity index (χ0n) is 32.1. The maximum Gasteiger partial charge on any atom is 0.455 e. The minimum atomic E-state index is -3.05. The third kappa shape index (κ3) is 7.42. The van der Waals surface area contributed by atoms with Crippen LogP contribution in [-0.4, -0.2) is 73.2 Å². The lowest BCUT2D eigenvalue weighted by molar-refractivity contribution is -0.137. The Balaban J connectivity index is 1.32. The van der Waals surface area contributed by atoms with Crippen LogP contribution in [0, 0.1) is 17.8 Å². The van der Waals surface area contributed by atoms with E-state index in [2.05, 4.69) is 50.0 Å². The summed E-state index contributed by atoms with van der Waals surface area (Å²) in [4.78, 5) is 46.1. The van der Waals surface area contributed by atoms with E-state index in [0.717, 1.165) is 45.5 Å². The lowest BCUT2D eigenvalue weighted by Crippen LogP contribution is -2.66. The van der Waals surface area contributed by atoms with Crippen LogP contribution in [0.2, 0.25) is 11.4 Å². The van der Waals surface area contributed by atoms with E-state index in [1.54, 1.807) is 18.3 Å². The van der Waals surface area contributed by atoms with Gasteiger partial charge in [0, 0.05) is 6.20 Å². The van der Waals surface area contributed by atoms with Crippen molar-refractivity contribution in [3.8, 4) is 5.75 Å². The molecule has 7 rings (SSSR count). The molecule has 3 aliphatic rings. The van der Waals surface area contributed by atoms with Gasteiger partial charge in [0.25, 0.3) is 8.32 Å². The Morgan fingerprint density at radius 1 is 0.929 bits per heavy atom. The highest BCUT2D eigenvalue weighted by Gasteiger charge is 2.60. The van der Waals surface area contributed by atoms with Crippen LogP contribution in [0.5, 0.6) is 5.75 Å². The van der Waals surface area contributed by atoms with Crippen molar-refractivity contribution in [2.45, 2.75) is 57.5 Å². The van der Waals surface area contributed by atoms with Gasteiger partial charge in [-0.25, -0.2) is 4.79 Å². The van der Waals surface area contributed by atoms with E-state index in [4.69, 9.17) is 13.8 Å². The molecule has 4 atom stereocenters. The molecule has 0 radical (unpaired) electrons. The number of carbonyl (C=O) groups excluding carboxylic acids is 3. The molecular formula is C44H47BN2O8Si. The van der Waals surface area contributed by atoms with E-state index in [0.29, 0.717) is 17.7 Å². The van der Waals surface area contributed by atoms with Crippen LogP contribution in [-0.2, 0) is 23.4 Å². The number of pyridine rings is 1. The number of likely N-dealkylation sites (tertiary alicyclic amines) is 1. The van der Waals surface area contributed by atoms with E-state index < -0.39 is 57.2 Å². The van der Waals surface area contributed by atoms with Gasteiger partial charge in [-0.3, -0.25) is 14.6 Å². The normalized spacial score (nSPS) is 21.6. The lowest BCUT2D eigenvalue weighted by Gasteiger charge is -2.46. The molecule has 2 aliphatic heterocycles. The molecule has 0 unspecified atom stereocenters. The Hall–Kier alpha value is -5.14. The highest BCUT2D eigenvalue weighted by Crippen LogP contribution is 2.51. The highest BCUT2D eigenvalue weighted by atomic mass is 28.4. The Morgan fingerprint density at radius 3 is 2.16 bits per heavy atom. The minimum Gasteiger partial charge on any atom is -0.508 e. The molecule has 10 nitrogen and oxygen atoms in total. The second-order valence-electron chi connectivity index (χ2n) is 15.8. The van der Waals surface area contributed by atoms with E-state index in [9.17, 15) is 24.5 Å². The number of carbonyl (C=O) groups is 3. The van der Waals surface area contributed by atoms with Gasteiger partial charge in [-0.1, -0.05) is 99.6 Å². The number of benzene rings is 3. The van der Waals surface area contributed by atoms with E-state index >= 15 is 0 Å². The number of nitrogens with zero attached hydrogens (tertiary/aromatic N) is 2. The molecule has 1 aliphatic carbocycles. The molecule has 2 fully saturated rings. The number of fused-ring (bicyclic) bond motifs is 3. The summed E-state index contributed by atoms with van der Waals surface area (Å²) in [6.45, 7) is 6.76. The van der Waals surface area contributed by atoms with Crippen molar-refractivity contribution in [2.24, 2.45) is 17.8 Å². The van der Waals surface area contributed by atoms with Gasteiger partial charge in [0.1, 0.15) is 5.75 Å². The van der Waals surface area contributed by atoms with Crippen LogP contribution >= 0.6 is 0 Å². The van der Waals surface area contributed by atoms with Crippen molar-refractivity contribution in [3.63, 3.8) is 0 Å². The number of methoxy groups -OCH3 is 1. The quantitative estimate of drug-likeness (QED) is 0.109. The van der Waals surface area contributed by atoms with E-state index in [1.165, 1.54) is 0 Å². The maximum absolute atomic E-state index is 14.0. The lowest BCUT2D eigenvalue weighted by atomic mass is 9.58. The van der Waals surface area contributed by atoms with Crippen LogP contribution in [0.15, 0.2) is 120 Å². The summed E-state index contributed by atoms with van der Waals surface area (Å²) in [6, 6.07) is 33.2. The Kier molecular flexibility index (Phi) is 11.3. The van der Waals surface area contributed by atoms with E-state index in [1.807, 2.05) is 72.8 Å². The molecule has 12 heteroatoms. The summed E-state index contributed by atoms with van der Waals surface area (Å²) in [7, 11) is -3.11. The van der Waals surface area contributed by atoms with Gasteiger partial charge in [0.05, 0.1) is 37.4 Å². The monoisotopic (exact) mass is 770 g/mol. The maximum atomic E-state index is 14.0. The van der Waals surface area contributed by atoms with Crippen LogP contribution in [0.4, 0.5) is 4.79 Å². The van der Waals surface area contributed by atoms with Gasteiger partial charge in [-0.05, 0) is 99.5 Å². The Labute approximate surface area is 329 Å². The van der Waals surface area contributed by atoms with Gasteiger partial charge in [-0.15, -0.1) is 0 Å². The van der Waals surface area contributed by atoms with Crippen molar-refractivity contribution in [3.05, 3.63) is 132 Å². The average Bonchev–Trinajstić information content (AvgIpc) is 3.45. The fourth-order valence-corrected chi connectivity index (χ4v) is 13.6. The highest BCUT2D eigenvalue weighted by molar-refractivity contribution is 6.99. The number of phenolic OH excluding ortho intramolecular Hbond substituents is 1. The average molecular weight is 771 g/mol. The van der Waals surface area contributed by atoms with Crippen molar-refractivity contribution in [1.82, 2.24) is 9.88 Å². The largest absolute Gasteiger partial charge is 0.508 e. The molecule has 0 saturated carbocycles. The van der Waals surface area contributed by atoms with Crippen molar-refractivity contribution >= 4 is 55.4 Å². The number of rotatable bonds is 10. The van der Waals surface area contributed by atoms with Crippen LogP contribution in [0.3, 0.4) is 0 Å². The van der Waals surface area contributed by atoms with Gasteiger partial charge < -0.3 is 23.9 Å². The molecule has 0 bridgehead atoms. The number of imide groups is 3. The summed E-state index contributed by atoms with van der Waals surface area (Å²) >= 11 is 0. The number of hydrogen-bond acceptors (Lipinski definition) is 9. The number of aromatic nitrogens is 1. The van der Waals surface area contributed by atoms with Gasteiger partial charge in [0.2, 0.25) is 11.8 Å². The topological polar surface area (TPSA) is 135 Å². The van der Waals surface area contributed by atoms with Gasteiger partial charge in [-0.2, -0.15) is 4.90 Å². The summed E-state index contributed by atoms with van der Waals surface area (Å²) in [5.41, 5.74) is 4.25. The molecular weight excluding hydrogens is 723 g/mol. The fraction of sp³-hybridized carbons (Fsp3) is 0.318. The first kappa shape index (κ1) is 39.1. The molecule has 3 amide bonds. The molecule has 288 valence electrons. The second-order valence-corrected chi connectivity index (χ2v) is 20.1. The number of hydrogen-bond donors (Lipinski definition) is 2. The van der Waals surface area contributed by atoms with E-state index in [-0.39, 0.29) is 30.1 Å². The Bertz CT molecular complexity index is 2080. The zero-order valence-corrected chi connectivity index (χ0v) is 33.1. The standard InChI is InChI=1S/C44H47BN2O8Si/c1-44(2,3)56(33-13-7-5-8-14-33,34-15-9-6-10-16-34)54-28-31-26-35-40(42(50)47(41(35)49)43(51)53-4)36-27-45(52)55-38(39(31)36)23-20-30(37-17-11-12-24-46-37)25-29-18-21-32(48)22-19-29/h5-19,21-22,24-25,35-36,38,40,48,52H,20,23,26-28H2,1-4H3/b30-25-/t35-,36+,38-,40-/m1/s1. The molecule has 3 aromatic carbocycles. The number of ether oxygens (including phenoxy) is 1. The number of amides is 3. The van der Waals surface area contributed by atoms with Crippen molar-refractivity contribution < 1.29 is 38.3 Å². The molecule has 3 heterocycles. The summed E-state index contributed by atoms with van der Waals surface area (Å²) in [6.07, 6.45) is 3.30. The van der Waals surface area contributed by atoms with Crippen molar-refractivity contribution in [1.29, 1.82) is 0 Å². The summed E-state index contributed by atoms with van der Waals surface area (Å²) < 4.78 is 18.7. The predicted octanol–water partition coefficient (Wildman–Crippen LogP) is 6.25. The molecule has 1 aromatic heterocycles. The first-order valence-electron chi connectivity index (χ1n) is 19.1. The molecule has 56 heavy (non-hydrogen) atoms. The SMILES string of the molecule is COC(=O)N1C(=O)[C@@H]2[C@@H](CC(CO[Si](c3ccccc3)(c3ccccc3)C(C)(C)C)=C3[C@@H](CC/C(=C/c4ccc(O)cc4)c4ccccn4)OB(O)C[C@@H]32)C1=O. The zero-order chi connectivity index (χ0) is 39.6. The third-order valence-corrected chi connectivity index (χ3v) is 16.4. The van der Waals surface area contributed by atoms with Crippen LogP contribution in [0.1, 0.15) is 51.3 Å². The minimum absolute atomic E-state index is 0.0835. The number of allylic oxidation sites excluding steroid dienone is 1. The smallest absolute Gasteiger partial charge is 0.455 e. The van der Waals surface area contributed by atoms with Crippen LogP contribution < -0.4 is 10.4 Å². The number of phenols is 1. The fourth-order valence-electron chi connectivity index (χ4n) is 9.01. The predicted molar refractivity (Wildman–Crippen MR) is 217 cm³/mol. The molecule has 4 aromatic rings. The van der Waals surface area contributed by atoms with Gasteiger partial charge in [0.15, 0.2) is 0 Å². The summed E-state index contributed by atoms with van der Waals surface area (Å²) in [5.74, 6) is -3.31. The molecule has 0 spiro atoms. The summed E-state index contributed by atoms with van der Waals surface area (Å²) in [5, 5.41) is 23.1. The first-order valence-corrected chi connectivity index (χ1v) is 21.0. The molecule has 2 saturated heterocycles.